The summed E-state index contributed by atoms with van der Waals surface area (Å²) in [7, 11) is 0. The van der Waals surface area contributed by atoms with E-state index in [1.807, 2.05) is 25.1 Å². The third-order valence-corrected chi connectivity index (χ3v) is 3.54. The zero-order valence-corrected chi connectivity index (χ0v) is 12.2. The molecule has 0 aromatic carbocycles. The Labute approximate surface area is 123 Å². The fourth-order valence-electron chi connectivity index (χ4n) is 2.40. The van der Waals surface area contributed by atoms with E-state index in [-0.39, 0.29) is 0 Å². The molecule has 1 aliphatic heterocycles. The van der Waals surface area contributed by atoms with Crippen molar-refractivity contribution >= 4 is 0 Å². The molecular formula is C15H20N4O2. The molecule has 0 aliphatic carbocycles. The largest absolute Gasteiger partial charge is 0.378 e. The Kier molecular flexibility index (Phi) is 4.57. The lowest BCUT2D eigenvalue weighted by atomic mass is 10.1. The molecule has 0 bridgehead atoms. The Hall–Kier alpha value is -1.79. The molecule has 3 rings (SSSR count). The van der Waals surface area contributed by atoms with E-state index >= 15 is 0 Å². The number of rotatable bonds is 5. The standard InChI is InChI=1S/C15H20N4O2/c1-11-3-2-4-13(17-11)15-18-14(21-19-15)7-10-20-12-5-8-16-9-6-12/h2-4,12,16H,5-10H2,1H3. The number of pyridine rings is 1. The number of hydrogen-bond acceptors (Lipinski definition) is 6. The van der Waals surface area contributed by atoms with Crippen LogP contribution < -0.4 is 5.32 Å². The van der Waals surface area contributed by atoms with Crippen LogP contribution in [0.5, 0.6) is 0 Å². The topological polar surface area (TPSA) is 73.1 Å². The van der Waals surface area contributed by atoms with Crippen molar-refractivity contribution in [2.75, 3.05) is 19.7 Å². The zero-order chi connectivity index (χ0) is 14.5. The number of nitrogens with one attached hydrogen (secondary N) is 1. The van der Waals surface area contributed by atoms with Gasteiger partial charge in [0.25, 0.3) is 0 Å². The van der Waals surface area contributed by atoms with Crippen LogP contribution >= 0.6 is 0 Å². The first-order valence-electron chi connectivity index (χ1n) is 7.40. The van der Waals surface area contributed by atoms with Crippen LogP contribution in [0.25, 0.3) is 11.5 Å². The van der Waals surface area contributed by atoms with Crippen LogP contribution in [0.3, 0.4) is 0 Å². The van der Waals surface area contributed by atoms with Crippen molar-refractivity contribution in [3.8, 4) is 11.5 Å². The normalized spacial score (nSPS) is 16.2. The van der Waals surface area contributed by atoms with Gasteiger partial charge in [-0.25, -0.2) is 4.98 Å². The highest BCUT2D eigenvalue weighted by atomic mass is 16.5. The maximum atomic E-state index is 5.84. The highest BCUT2D eigenvalue weighted by molar-refractivity contribution is 5.47. The van der Waals surface area contributed by atoms with Crippen LogP contribution in [-0.4, -0.2) is 40.9 Å². The number of hydrogen-bond donors (Lipinski definition) is 1. The molecule has 0 unspecified atom stereocenters. The molecule has 2 aromatic rings. The van der Waals surface area contributed by atoms with Gasteiger partial charge >= 0.3 is 0 Å². The fraction of sp³-hybridized carbons (Fsp3) is 0.533. The molecule has 21 heavy (non-hydrogen) atoms. The van der Waals surface area contributed by atoms with Crippen molar-refractivity contribution in [3.63, 3.8) is 0 Å². The Morgan fingerprint density at radius 1 is 1.29 bits per heavy atom. The zero-order valence-electron chi connectivity index (χ0n) is 12.2. The summed E-state index contributed by atoms with van der Waals surface area (Å²) in [5, 5.41) is 7.30. The van der Waals surface area contributed by atoms with Crippen molar-refractivity contribution in [1.29, 1.82) is 0 Å². The van der Waals surface area contributed by atoms with Gasteiger partial charge in [0, 0.05) is 5.69 Å². The Morgan fingerprint density at radius 2 is 2.14 bits per heavy atom. The van der Waals surface area contributed by atoms with Crippen LogP contribution in [0.15, 0.2) is 22.7 Å². The molecule has 1 aliphatic rings. The summed E-state index contributed by atoms with van der Waals surface area (Å²) in [6, 6.07) is 5.76. The molecule has 6 nitrogen and oxygen atoms in total. The molecule has 1 N–H and O–H groups in total. The highest BCUT2D eigenvalue weighted by Crippen LogP contribution is 2.14. The lowest BCUT2D eigenvalue weighted by Gasteiger charge is -2.22. The van der Waals surface area contributed by atoms with Gasteiger partial charge in [0.15, 0.2) is 0 Å². The average molecular weight is 288 g/mol. The fourth-order valence-corrected chi connectivity index (χ4v) is 2.40. The van der Waals surface area contributed by atoms with E-state index in [0.29, 0.717) is 30.8 Å². The molecule has 1 fully saturated rings. The molecule has 3 heterocycles. The van der Waals surface area contributed by atoms with E-state index in [1.165, 1.54) is 0 Å². The summed E-state index contributed by atoms with van der Waals surface area (Å²) in [5.41, 5.74) is 1.68. The van der Waals surface area contributed by atoms with Gasteiger partial charge in [0.05, 0.1) is 19.1 Å². The monoisotopic (exact) mass is 288 g/mol. The maximum absolute atomic E-state index is 5.84. The third-order valence-electron chi connectivity index (χ3n) is 3.54. The summed E-state index contributed by atoms with van der Waals surface area (Å²) < 4.78 is 11.1. The molecule has 112 valence electrons. The van der Waals surface area contributed by atoms with Crippen LogP contribution in [-0.2, 0) is 11.2 Å². The van der Waals surface area contributed by atoms with Gasteiger partial charge in [-0.05, 0) is 45.0 Å². The van der Waals surface area contributed by atoms with Crippen LogP contribution in [0.4, 0.5) is 0 Å². The summed E-state index contributed by atoms with van der Waals surface area (Å²) in [6.45, 7) is 4.63. The molecule has 0 radical (unpaired) electrons. The minimum Gasteiger partial charge on any atom is -0.378 e. The van der Waals surface area contributed by atoms with Gasteiger partial charge in [-0.1, -0.05) is 11.2 Å². The highest BCUT2D eigenvalue weighted by Gasteiger charge is 2.14. The minimum absolute atomic E-state index is 0.354. The van der Waals surface area contributed by atoms with Crippen LogP contribution in [0, 0.1) is 6.92 Å². The van der Waals surface area contributed by atoms with Crippen molar-refractivity contribution in [2.24, 2.45) is 0 Å². The lowest BCUT2D eigenvalue weighted by molar-refractivity contribution is 0.0322. The van der Waals surface area contributed by atoms with Gasteiger partial charge in [0.1, 0.15) is 5.69 Å². The third kappa shape index (κ3) is 3.86. The Bertz CT molecular complexity index is 579. The summed E-state index contributed by atoms with van der Waals surface area (Å²) in [6.07, 6.45) is 3.14. The van der Waals surface area contributed by atoms with E-state index < -0.39 is 0 Å². The number of nitrogens with zero attached hydrogens (tertiary/aromatic N) is 3. The second-order valence-electron chi connectivity index (χ2n) is 5.25. The molecule has 6 heteroatoms. The van der Waals surface area contributed by atoms with E-state index in [2.05, 4.69) is 20.4 Å². The van der Waals surface area contributed by atoms with Gasteiger partial charge < -0.3 is 14.6 Å². The summed E-state index contributed by atoms with van der Waals surface area (Å²) in [4.78, 5) is 8.76. The van der Waals surface area contributed by atoms with E-state index in [4.69, 9.17) is 9.26 Å². The molecule has 0 saturated carbocycles. The first-order chi connectivity index (χ1) is 10.3. The smallest absolute Gasteiger partial charge is 0.229 e. The van der Waals surface area contributed by atoms with Crippen molar-refractivity contribution in [2.45, 2.75) is 32.3 Å². The minimum atomic E-state index is 0.354. The molecule has 2 aromatic heterocycles. The summed E-state index contributed by atoms with van der Waals surface area (Å²) >= 11 is 0. The number of ether oxygens (including phenoxy) is 1. The van der Waals surface area contributed by atoms with E-state index in [0.717, 1.165) is 37.3 Å². The number of aromatic nitrogens is 3. The molecule has 0 amide bonds. The van der Waals surface area contributed by atoms with Gasteiger partial charge in [0.2, 0.25) is 11.7 Å². The molecule has 1 saturated heterocycles. The van der Waals surface area contributed by atoms with Crippen molar-refractivity contribution < 1.29 is 9.26 Å². The van der Waals surface area contributed by atoms with Crippen molar-refractivity contribution in [3.05, 3.63) is 29.8 Å². The molecule has 0 atom stereocenters. The maximum Gasteiger partial charge on any atom is 0.229 e. The predicted octanol–water partition coefficient (Wildman–Crippen LogP) is 1.75. The summed E-state index contributed by atoms with van der Waals surface area (Å²) in [5.74, 6) is 1.14. The van der Waals surface area contributed by atoms with Crippen LogP contribution in [0.1, 0.15) is 24.4 Å². The van der Waals surface area contributed by atoms with Crippen LogP contribution in [0.2, 0.25) is 0 Å². The SMILES string of the molecule is Cc1cccc(-c2noc(CCOC3CCNCC3)n2)n1. The number of aryl methyl sites for hydroxylation is 1. The molecular weight excluding hydrogens is 268 g/mol. The van der Waals surface area contributed by atoms with E-state index in [9.17, 15) is 0 Å². The van der Waals surface area contributed by atoms with Gasteiger partial charge in [-0.3, -0.25) is 0 Å². The first-order valence-corrected chi connectivity index (χ1v) is 7.40. The first kappa shape index (κ1) is 14.2. The van der Waals surface area contributed by atoms with Crippen molar-refractivity contribution in [1.82, 2.24) is 20.4 Å². The second kappa shape index (κ2) is 6.78. The second-order valence-corrected chi connectivity index (χ2v) is 5.25. The van der Waals surface area contributed by atoms with Gasteiger partial charge in [-0.15, -0.1) is 0 Å². The lowest BCUT2D eigenvalue weighted by Crippen LogP contribution is -2.32. The average Bonchev–Trinajstić information content (AvgIpc) is 2.97. The quantitative estimate of drug-likeness (QED) is 0.903. The molecule has 0 spiro atoms. The Morgan fingerprint density at radius 3 is 2.95 bits per heavy atom. The number of piperidine rings is 1. The van der Waals surface area contributed by atoms with E-state index in [1.54, 1.807) is 0 Å². The Balaban J connectivity index is 1.53. The predicted molar refractivity (Wildman–Crippen MR) is 77.8 cm³/mol. The van der Waals surface area contributed by atoms with Gasteiger partial charge in [-0.2, -0.15) is 4.98 Å².